The smallest absolute Gasteiger partial charge is 0.254 e. The summed E-state index contributed by atoms with van der Waals surface area (Å²) >= 11 is 7.71. The molecule has 2 heterocycles. The molecule has 0 bridgehead atoms. The van der Waals surface area contributed by atoms with Gasteiger partial charge in [-0.25, -0.2) is 8.42 Å². The van der Waals surface area contributed by atoms with Crippen LogP contribution in [0, 0.1) is 0 Å². The number of thiophene rings is 1. The summed E-state index contributed by atoms with van der Waals surface area (Å²) < 4.78 is 25.1. The molecule has 0 fully saturated rings. The number of carbonyl (C=O) groups excluding carboxylic acids is 1. The predicted molar refractivity (Wildman–Crippen MR) is 92.7 cm³/mol. The number of hydrogen-bond acceptors (Lipinski definition) is 4. The molecule has 1 amide bonds. The fourth-order valence-corrected chi connectivity index (χ4v) is 4.22. The van der Waals surface area contributed by atoms with Crippen molar-refractivity contribution in [2.24, 2.45) is 0 Å². The summed E-state index contributed by atoms with van der Waals surface area (Å²) in [5.41, 5.74) is 1.81. The van der Waals surface area contributed by atoms with Gasteiger partial charge in [0.2, 0.25) is 10.0 Å². The van der Waals surface area contributed by atoms with Crippen LogP contribution in [0.3, 0.4) is 0 Å². The van der Waals surface area contributed by atoms with Crippen LogP contribution in [0.25, 0.3) is 0 Å². The number of carbonyl (C=O) groups is 1. The van der Waals surface area contributed by atoms with E-state index in [0.29, 0.717) is 18.7 Å². The first-order chi connectivity index (χ1) is 10.8. The van der Waals surface area contributed by atoms with Crippen LogP contribution in [0.2, 0.25) is 5.02 Å². The summed E-state index contributed by atoms with van der Waals surface area (Å²) in [5, 5.41) is 2.29. The lowest BCUT2D eigenvalue weighted by molar-refractivity contribution is 0.0736. The van der Waals surface area contributed by atoms with Gasteiger partial charge in [-0.2, -0.15) is 0 Å². The molecule has 1 aliphatic heterocycles. The molecule has 5 nitrogen and oxygen atoms in total. The van der Waals surface area contributed by atoms with Gasteiger partial charge in [-0.3, -0.25) is 9.52 Å². The van der Waals surface area contributed by atoms with Crippen molar-refractivity contribution in [3.05, 3.63) is 50.7 Å². The molecule has 0 radical (unpaired) electrons. The fourth-order valence-electron chi connectivity index (χ4n) is 2.54. The van der Waals surface area contributed by atoms with Gasteiger partial charge in [-0.05, 0) is 41.6 Å². The molecule has 0 saturated heterocycles. The molecule has 1 aromatic heterocycles. The average Bonchev–Trinajstić information content (AvgIpc) is 2.94. The molecule has 0 atom stereocenters. The Morgan fingerprint density at radius 3 is 2.87 bits per heavy atom. The van der Waals surface area contributed by atoms with Crippen LogP contribution in [0.1, 0.15) is 20.8 Å². The van der Waals surface area contributed by atoms with E-state index < -0.39 is 10.0 Å². The predicted octanol–water partition coefficient (Wildman–Crippen LogP) is 2.97. The standard InChI is InChI=1S/C15H15ClN2O3S2/c1-23(20,21)17-13-8-10(2-3-12(13)16)15(19)18-6-4-14-11(9-18)5-7-22-14/h2-3,5,7-8,17H,4,6,9H2,1H3. The summed E-state index contributed by atoms with van der Waals surface area (Å²) in [5.74, 6) is -0.130. The molecule has 1 aromatic carbocycles. The van der Waals surface area contributed by atoms with Crippen molar-refractivity contribution in [3.8, 4) is 0 Å². The zero-order valence-electron chi connectivity index (χ0n) is 12.4. The zero-order valence-corrected chi connectivity index (χ0v) is 14.8. The Labute approximate surface area is 143 Å². The van der Waals surface area contributed by atoms with Crippen LogP contribution >= 0.6 is 22.9 Å². The maximum Gasteiger partial charge on any atom is 0.254 e. The maximum atomic E-state index is 12.7. The number of nitrogens with one attached hydrogen (secondary N) is 1. The van der Waals surface area contributed by atoms with E-state index in [2.05, 4.69) is 4.72 Å². The molecular formula is C15H15ClN2O3S2. The summed E-state index contributed by atoms with van der Waals surface area (Å²) in [7, 11) is -3.46. The molecular weight excluding hydrogens is 356 g/mol. The second-order valence-electron chi connectivity index (χ2n) is 5.41. The number of rotatable bonds is 3. The number of sulfonamides is 1. The number of nitrogens with zero attached hydrogens (tertiary/aromatic N) is 1. The monoisotopic (exact) mass is 370 g/mol. The minimum atomic E-state index is -3.46. The first kappa shape index (κ1) is 16.3. The molecule has 122 valence electrons. The molecule has 0 aliphatic carbocycles. The molecule has 0 saturated carbocycles. The van der Waals surface area contributed by atoms with Gasteiger partial charge in [0.15, 0.2) is 0 Å². The summed E-state index contributed by atoms with van der Waals surface area (Å²) in [6, 6.07) is 6.66. The summed E-state index contributed by atoms with van der Waals surface area (Å²) in [6.45, 7) is 1.24. The minimum absolute atomic E-state index is 0.130. The maximum absolute atomic E-state index is 12.7. The van der Waals surface area contributed by atoms with E-state index in [4.69, 9.17) is 11.6 Å². The Balaban J connectivity index is 1.84. The van der Waals surface area contributed by atoms with E-state index in [1.54, 1.807) is 22.3 Å². The highest BCUT2D eigenvalue weighted by Crippen LogP contribution is 2.27. The average molecular weight is 371 g/mol. The Hall–Kier alpha value is -1.57. The molecule has 0 spiro atoms. The quantitative estimate of drug-likeness (QED) is 0.903. The molecule has 8 heteroatoms. The molecule has 2 aromatic rings. The van der Waals surface area contributed by atoms with Gasteiger partial charge < -0.3 is 4.90 Å². The van der Waals surface area contributed by atoms with Crippen LogP contribution in [-0.4, -0.2) is 32.0 Å². The first-order valence-electron chi connectivity index (χ1n) is 6.95. The van der Waals surface area contributed by atoms with E-state index in [1.807, 2.05) is 11.4 Å². The molecule has 3 rings (SSSR count). The lowest BCUT2D eigenvalue weighted by Crippen LogP contribution is -2.35. The normalized spacial score (nSPS) is 14.4. The van der Waals surface area contributed by atoms with Crippen molar-refractivity contribution in [2.75, 3.05) is 17.5 Å². The van der Waals surface area contributed by atoms with Crippen LogP contribution in [0.4, 0.5) is 5.69 Å². The van der Waals surface area contributed by atoms with Crippen molar-refractivity contribution >= 4 is 44.6 Å². The third kappa shape index (κ3) is 3.68. The number of amides is 1. The van der Waals surface area contributed by atoms with E-state index in [9.17, 15) is 13.2 Å². The first-order valence-corrected chi connectivity index (χ1v) is 10.1. The van der Waals surface area contributed by atoms with Gasteiger partial charge in [0.1, 0.15) is 0 Å². The number of fused-ring (bicyclic) bond motifs is 1. The highest BCUT2D eigenvalue weighted by molar-refractivity contribution is 7.92. The lowest BCUT2D eigenvalue weighted by atomic mass is 10.1. The van der Waals surface area contributed by atoms with Crippen LogP contribution in [0.5, 0.6) is 0 Å². The van der Waals surface area contributed by atoms with Gasteiger partial charge in [0.05, 0.1) is 17.0 Å². The van der Waals surface area contributed by atoms with Crippen molar-refractivity contribution in [1.82, 2.24) is 4.90 Å². The highest BCUT2D eigenvalue weighted by atomic mass is 35.5. The van der Waals surface area contributed by atoms with Crippen molar-refractivity contribution in [3.63, 3.8) is 0 Å². The van der Waals surface area contributed by atoms with Crippen molar-refractivity contribution < 1.29 is 13.2 Å². The highest BCUT2D eigenvalue weighted by Gasteiger charge is 2.23. The topological polar surface area (TPSA) is 66.5 Å². The van der Waals surface area contributed by atoms with Crippen LogP contribution in [-0.2, 0) is 23.0 Å². The molecule has 23 heavy (non-hydrogen) atoms. The number of anilines is 1. The second kappa shape index (κ2) is 6.14. The Morgan fingerprint density at radius 1 is 1.35 bits per heavy atom. The van der Waals surface area contributed by atoms with Gasteiger partial charge in [0.25, 0.3) is 5.91 Å². The van der Waals surface area contributed by atoms with E-state index in [0.717, 1.165) is 12.7 Å². The minimum Gasteiger partial charge on any atom is -0.334 e. The van der Waals surface area contributed by atoms with Gasteiger partial charge in [0, 0.05) is 23.5 Å². The number of halogens is 1. The molecule has 1 aliphatic rings. The van der Waals surface area contributed by atoms with Gasteiger partial charge in [-0.15, -0.1) is 11.3 Å². The largest absolute Gasteiger partial charge is 0.334 e. The van der Waals surface area contributed by atoms with E-state index in [-0.39, 0.29) is 16.6 Å². The molecule has 1 N–H and O–H groups in total. The molecule has 0 unspecified atom stereocenters. The van der Waals surface area contributed by atoms with Crippen molar-refractivity contribution in [1.29, 1.82) is 0 Å². The fraction of sp³-hybridized carbons (Fsp3) is 0.267. The van der Waals surface area contributed by atoms with Crippen LogP contribution < -0.4 is 4.72 Å². The number of hydrogen-bond donors (Lipinski definition) is 1. The third-order valence-corrected chi connectivity index (χ3v) is 5.55. The van der Waals surface area contributed by atoms with Crippen molar-refractivity contribution in [2.45, 2.75) is 13.0 Å². The van der Waals surface area contributed by atoms with Gasteiger partial charge >= 0.3 is 0 Å². The van der Waals surface area contributed by atoms with Gasteiger partial charge in [-0.1, -0.05) is 11.6 Å². The van der Waals surface area contributed by atoms with E-state index >= 15 is 0 Å². The Bertz CT molecular complexity index is 861. The summed E-state index contributed by atoms with van der Waals surface area (Å²) in [4.78, 5) is 15.8. The second-order valence-corrected chi connectivity index (χ2v) is 8.57. The van der Waals surface area contributed by atoms with E-state index in [1.165, 1.54) is 22.6 Å². The Kier molecular flexibility index (Phi) is 4.35. The van der Waals surface area contributed by atoms with Crippen LogP contribution in [0.15, 0.2) is 29.6 Å². The zero-order chi connectivity index (χ0) is 16.6. The Morgan fingerprint density at radius 2 is 2.13 bits per heavy atom. The lowest BCUT2D eigenvalue weighted by Gasteiger charge is -2.27. The number of benzene rings is 1. The SMILES string of the molecule is CS(=O)(=O)Nc1cc(C(=O)N2CCc3sccc3C2)ccc1Cl. The third-order valence-electron chi connectivity index (χ3n) is 3.60. The summed E-state index contributed by atoms with van der Waals surface area (Å²) in [6.07, 6.45) is 1.89.